The Morgan fingerprint density at radius 1 is 1.18 bits per heavy atom. The second kappa shape index (κ2) is 5.27. The van der Waals surface area contributed by atoms with Crippen LogP contribution in [0.4, 0.5) is 4.79 Å². The SMILES string of the molecule is CCC1(COCC(C)C)C(=O)NC(=O)NC1=O. The molecule has 0 radical (unpaired) electrons. The number of rotatable bonds is 5. The van der Waals surface area contributed by atoms with Gasteiger partial charge in [0.25, 0.3) is 0 Å². The summed E-state index contributed by atoms with van der Waals surface area (Å²) in [6.45, 7) is 6.13. The summed E-state index contributed by atoms with van der Waals surface area (Å²) in [5, 5.41) is 4.20. The number of ether oxygens (including phenoxy) is 1. The topological polar surface area (TPSA) is 84.5 Å². The van der Waals surface area contributed by atoms with E-state index in [9.17, 15) is 14.4 Å². The molecule has 1 aliphatic heterocycles. The maximum Gasteiger partial charge on any atom is 0.328 e. The summed E-state index contributed by atoms with van der Waals surface area (Å²) in [7, 11) is 0. The molecular weight excluding hydrogens is 224 g/mol. The first kappa shape index (κ1) is 13.6. The van der Waals surface area contributed by atoms with E-state index in [4.69, 9.17) is 4.74 Å². The van der Waals surface area contributed by atoms with Crippen LogP contribution in [0, 0.1) is 11.3 Å². The van der Waals surface area contributed by atoms with Gasteiger partial charge >= 0.3 is 6.03 Å². The van der Waals surface area contributed by atoms with Crippen molar-refractivity contribution < 1.29 is 19.1 Å². The van der Waals surface area contributed by atoms with Crippen molar-refractivity contribution in [2.24, 2.45) is 11.3 Å². The van der Waals surface area contributed by atoms with Crippen molar-refractivity contribution in [1.29, 1.82) is 0 Å². The number of carbonyl (C=O) groups is 3. The molecule has 6 nitrogen and oxygen atoms in total. The zero-order valence-corrected chi connectivity index (χ0v) is 10.3. The Labute approximate surface area is 100 Å². The molecule has 0 bridgehead atoms. The molecular formula is C11H18N2O4. The van der Waals surface area contributed by atoms with Crippen LogP contribution in [-0.4, -0.2) is 31.1 Å². The summed E-state index contributed by atoms with van der Waals surface area (Å²) in [6, 6.07) is -0.770. The normalized spacial score (nSPS) is 19.2. The van der Waals surface area contributed by atoms with Gasteiger partial charge < -0.3 is 4.74 Å². The fourth-order valence-corrected chi connectivity index (χ4v) is 1.60. The molecule has 17 heavy (non-hydrogen) atoms. The highest BCUT2D eigenvalue weighted by atomic mass is 16.5. The summed E-state index contributed by atoms with van der Waals surface area (Å²) in [4.78, 5) is 34.5. The van der Waals surface area contributed by atoms with Gasteiger partial charge in [-0.1, -0.05) is 20.8 Å². The Hall–Kier alpha value is -1.43. The minimum Gasteiger partial charge on any atom is -0.380 e. The number of hydrogen-bond donors (Lipinski definition) is 2. The van der Waals surface area contributed by atoms with E-state index in [0.29, 0.717) is 12.5 Å². The second-order valence-electron chi connectivity index (χ2n) is 4.58. The maximum absolute atomic E-state index is 11.8. The Morgan fingerprint density at radius 2 is 1.71 bits per heavy atom. The first-order chi connectivity index (χ1) is 7.92. The van der Waals surface area contributed by atoms with E-state index in [1.165, 1.54) is 0 Å². The number of hydrogen-bond acceptors (Lipinski definition) is 4. The monoisotopic (exact) mass is 242 g/mol. The Kier molecular flexibility index (Phi) is 4.22. The van der Waals surface area contributed by atoms with Crippen LogP contribution in [0.25, 0.3) is 0 Å². The minimum atomic E-state index is -1.29. The van der Waals surface area contributed by atoms with Crippen molar-refractivity contribution >= 4 is 17.8 Å². The van der Waals surface area contributed by atoms with E-state index in [1.807, 2.05) is 13.8 Å². The molecule has 1 heterocycles. The molecule has 1 saturated heterocycles. The number of nitrogens with one attached hydrogen (secondary N) is 2. The number of urea groups is 1. The molecule has 1 rings (SSSR count). The summed E-state index contributed by atoms with van der Waals surface area (Å²) < 4.78 is 5.37. The van der Waals surface area contributed by atoms with Crippen LogP contribution >= 0.6 is 0 Å². The van der Waals surface area contributed by atoms with Gasteiger partial charge in [0.2, 0.25) is 11.8 Å². The molecule has 0 aromatic carbocycles. The van der Waals surface area contributed by atoms with Crippen LogP contribution in [0.2, 0.25) is 0 Å². The predicted octanol–water partition coefficient (Wildman–Crippen LogP) is 0.421. The van der Waals surface area contributed by atoms with Gasteiger partial charge in [-0.2, -0.15) is 0 Å². The molecule has 96 valence electrons. The Balaban J connectivity index is 2.75. The molecule has 0 atom stereocenters. The van der Waals surface area contributed by atoms with E-state index in [-0.39, 0.29) is 13.0 Å². The van der Waals surface area contributed by atoms with E-state index in [2.05, 4.69) is 10.6 Å². The summed E-state index contributed by atoms with van der Waals surface area (Å²) in [5.74, 6) is -0.852. The Bertz CT molecular complexity index is 318. The van der Waals surface area contributed by atoms with Gasteiger partial charge in [-0.05, 0) is 12.3 Å². The molecule has 1 aliphatic rings. The summed E-state index contributed by atoms with van der Waals surface area (Å²) >= 11 is 0. The van der Waals surface area contributed by atoms with Crippen molar-refractivity contribution in [3.8, 4) is 0 Å². The van der Waals surface area contributed by atoms with Gasteiger partial charge in [0.15, 0.2) is 5.41 Å². The molecule has 6 heteroatoms. The summed E-state index contributed by atoms with van der Waals surface area (Å²) in [6.07, 6.45) is 0.288. The van der Waals surface area contributed by atoms with Crippen molar-refractivity contribution in [3.05, 3.63) is 0 Å². The zero-order valence-electron chi connectivity index (χ0n) is 10.3. The third kappa shape index (κ3) is 2.82. The third-order valence-electron chi connectivity index (χ3n) is 2.73. The molecule has 1 fully saturated rings. The van der Waals surface area contributed by atoms with Gasteiger partial charge in [-0.3, -0.25) is 20.2 Å². The standard InChI is InChI=1S/C11H18N2O4/c1-4-11(6-17-5-7(2)3)8(14)12-10(16)13-9(11)15/h7H,4-6H2,1-3H3,(H2,12,13,14,15,16). The van der Waals surface area contributed by atoms with E-state index < -0.39 is 23.3 Å². The van der Waals surface area contributed by atoms with Crippen LogP contribution in [0.3, 0.4) is 0 Å². The van der Waals surface area contributed by atoms with Gasteiger partial charge in [-0.15, -0.1) is 0 Å². The lowest BCUT2D eigenvalue weighted by Crippen LogP contribution is -2.63. The van der Waals surface area contributed by atoms with Crippen molar-refractivity contribution in [2.75, 3.05) is 13.2 Å². The number of imide groups is 2. The molecule has 4 amide bonds. The van der Waals surface area contributed by atoms with E-state index >= 15 is 0 Å². The quantitative estimate of drug-likeness (QED) is 0.684. The first-order valence-electron chi connectivity index (χ1n) is 5.67. The van der Waals surface area contributed by atoms with Gasteiger partial charge in [0.05, 0.1) is 6.61 Å². The van der Waals surface area contributed by atoms with Crippen LogP contribution in [0.1, 0.15) is 27.2 Å². The van der Waals surface area contributed by atoms with Gasteiger partial charge in [0.1, 0.15) is 0 Å². The minimum absolute atomic E-state index is 0.00731. The second-order valence-corrected chi connectivity index (χ2v) is 4.58. The molecule has 0 saturated carbocycles. The van der Waals surface area contributed by atoms with Crippen LogP contribution in [-0.2, 0) is 14.3 Å². The average molecular weight is 242 g/mol. The highest BCUT2D eigenvalue weighted by molar-refractivity contribution is 6.19. The highest BCUT2D eigenvalue weighted by Crippen LogP contribution is 2.25. The van der Waals surface area contributed by atoms with Crippen molar-refractivity contribution in [1.82, 2.24) is 10.6 Å². The fraction of sp³-hybridized carbons (Fsp3) is 0.727. The first-order valence-corrected chi connectivity index (χ1v) is 5.67. The Morgan fingerprint density at radius 3 is 2.12 bits per heavy atom. The number of barbiturate groups is 1. The number of carbonyl (C=O) groups excluding carboxylic acids is 3. The lowest BCUT2D eigenvalue weighted by molar-refractivity contribution is -0.149. The zero-order chi connectivity index (χ0) is 13.1. The molecule has 0 aromatic rings. The van der Waals surface area contributed by atoms with Crippen molar-refractivity contribution in [2.45, 2.75) is 27.2 Å². The fourth-order valence-electron chi connectivity index (χ4n) is 1.60. The number of amides is 4. The molecule has 0 spiro atoms. The molecule has 0 unspecified atom stereocenters. The lowest BCUT2D eigenvalue weighted by Gasteiger charge is -2.32. The van der Waals surface area contributed by atoms with E-state index in [0.717, 1.165) is 0 Å². The molecule has 2 N–H and O–H groups in total. The predicted molar refractivity (Wildman–Crippen MR) is 60.1 cm³/mol. The van der Waals surface area contributed by atoms with Crippen molar-refractivity contribution in [3.63, 3.8) is 0 Å². The van der Waals surface area contributed by atoms with Crippen LogP contribution in [0.15, 0.2) is 0 Å². The largest absolute Gasteiger partial charge is 0.380 e. The van der Waals surface area contributed by atoms with E-state index in [1.54, 1.807) is 6.92 Å². The van der Waals surface area contributed by atoms with Crippen LogP contribution in [0.5, 0.6) is 0 Å². The lowest BCUT2D eigenvalue weighted by atomic mass is 9.82. The van der Waals surface area contributed by atoms with Crippen LogP contribution < -0.4 is 10.6 Å². The smallest absolute Gasteiger partial charge is 0.328 e. The highest BCUT2D eigenvalue weighted by Gasteiger charge is 2.49. The average Bonchev–Trinajstić information content (AvgIpc) is 2.22. The summed E-state index contributed by atoms with van der Waals surface area (Å²) in [5.41, 5.74) is -1.29. The van der Waals surface area contributed by atoms with Gasteiger partial charge in [-0.25, -0.2) is 4.79 Å². The maximum atomic E-state index is 11.8. The third-order valence-corrected chi connectivity index (χ3v) is 2.73. The molecule has 0 aromatic heterocycles. The molecule has 0 aliphatic carbocycles. The van der Waals surface area contributed by atoms with Gasteiger partial charge in [0, 0.05) is 6.61 Å².